The van der Waals surface area contributed by atoms with E-state index in [4.69, 9.17) is 22.9 Å². The first-order valence-corrected chi connectivity index (χ1v) is 7.75. The lowest BCUT2D eigenvalue weighted by atomic mass is 9.80. The number of benzene rings is 1. The fraction of sp³-hybridized carbons (Fsp3) is 0.353. The molecule has 1 heterocycles. The summed E-state index contributed by atoms with van der Waals surface area (Å²) in [6, 6.07) is 2.35. The van der Waals surface area contributed by atoms with Crippen molar-refractivity contribution in [2.24, 2.45) is 4.99 Å². The third kappa shape index (κ3) is 3.69. The largest absolute Gasteiger partial charge is 0.463 e. The van der Waals surface area contributed by atoms with Gasteiger partial charge in [-0.1, -0.05) is 17.7 Å². The molecule has 1 aromatic carbocycles. The zero-order valence-corrected chi connectivity index (χ0v) is 14.1. The molecule has 1 aliphatic heterocycles. The van der Waals surface area contributed by atoms with Gasteiger partial charge in [0.25, 0.3) is 12.5 Å². The monoisotopic (exact) mass is 370 g/mol. The van der Waals surface area contributed by atoms with Crippen LogP contribution in [-0.4, -0.2) is 30.8 Å². The van der Waals surface area contributed by atoms with Gasteiger partial charge in [0.05, 0.1) is 17.9 Å². The summed E-state index contributed by atoms with van der Waals surface area (Å²) in [5, 5.41) is -0.0660. The maximum Gasteiger partial charge on any atom is 0.337 e. The van der Waals surface area contributed by atoms with E-state index >= 15 is 0 Å². The van der Waals surface area contributed by atoms with Gasteiger partial charge in [0, 0.05) is 5.02 Å². The number of aliphatic imine (C=N–C) groups is 1. The first kappa shape index (κ1) is 19.0. The zero-order chi connectivity index (χ0) is 18.7. The minimum absolute atomic E-state index is 0.0336. The van der Waals surface area contributed by atoms with Gasteiger partial charge in [0.2, 0.25) is 0 Å². The number of halogens is 4. The molecule has 0 N–H and O–H groups in total. The van der Waals surface area contributed by atoms with Crippen molar-refractivity contribution in [1.82, 2.24) is 0 Å². The van der Waals surface area contributed by atoms with Crippen LogP contribution >= 0.6 is 11.6 Å². The van der Waals surface area contributed by atoms with Gasteiger partial charge < -0.3 is 9.58 Å². The highest BCUT2D eigenvalue weighted by Crippen LogP contribution is 2.41. The van der Waals surface area contributed by atoms with Crippen LogP contribution in [-0.2, 0) is 9.53 Å². The minimum Gasteiger partial charge on any atom is -0.463 e. The Bertz CT molecular complexity index is 800. The van der Waals surface area contributed by atoms with E-state index in [0.717, 1.165) is 12.1 Å². The van der Waals surface area contributed by atoms with Crippen LogP contribution in [0.2, 0.25) is 5.02 Å². The molecular formula is C17H14ClF3N2O2. The van der Waals surface area contributed by atoms with Crippen molar-refractivity contribution < 1.29 is 22.7 Å². The van der Waals surface area contributed by atoms with E-state index in [0.29, 0.717) is 0 Å². The van der Waals surface area contributed by atoms with Crippen molar-refractivity contribution in [3.05, 3.63) is 57.3 Å². The molecular weight excluding hydrogens is 357 g/mol. The van der Waals surface area contributed by atoms with Crippen LogP contribution in [0.15, 0.2) is 34.5 Å². The van der Waals surface area contributed by atoms with Gasteiger partial charge in [-0.2, -0.15) is 0 Å². The zero-order valence-electron chi connectivity index (χ0n) is 13.4. The number of hydrogen-bond donors (Lipinski definition) is 0. The second-order valence-electron chi connectivity index (χ2n) is 5.29. The Balaban J connectivity index is 2.75. The molecule has 25 heavy (non-hydrogen) atoms. The summed E-state index contributed by atoms with van der Waals surface area (Å²) in [7, 11) is 0. The number of nitrogens with zero attached hydrogens (tertiary/aromatic N) is 2. The number of carbonyl (C=O) groups is 1. The molecule has 0 saturated carbocycles. The summed E-state index contributed by atoms with van der Waals surface area (Å²) in [6.07, 6.45) is -3.04. The van der Waals surface area contributed by atoms with Crippen molar-refractivity contribution in [1.29, 1.82) is 0 Å². The molecule has 0 amide bonds. The fourth-order valence-electron chi connectivity index (χ4n) is 2.73. The molecule has 132 valence electrons. The number of rotatable bonds is 4. The molecule has 2 rings (SSSR count). The van der Waals surface area contributed by atoms with Gasteiger partial charge in [0.1, 0.15) is 17.4 Å². The molecule has 2 atom stereocenters. The number of carbonyl (C=O) groups excluding carboxylic acids is 1. The molecule has 0 aliphatic carbocycles. The van der Waals surface area contributed by atoms with Gasteiger partial charge in [-0.15, -0.1) is 0 Å². The van der Waals surface area contributed by atoms with E-state index in [1.165, 1.54) is 19.9 Å². The molecule has 0 saturated heterocycles. The van der Waals surface area contributed by atoms with Gasteiger partial charge in [-0.05, 0) is 31.5 Å². The lowest BCUT2D eigenvalue weighted by Gasteiger charge is -2.27. The average molecular weight is 371 g/mol. The van der Waals surface area contributed by atoms with Gasteiger partial charge >= 0.3 is 5.97 Å². The predicted octanol–water partition coefficient (Wildman–Crippen LogP) is 4.41. The van der Waals surface area contributed by atoms with E-state index in [9.17, 15) is 18.0 Å². The Morgan fingerprint density at radius 3 is 2.68 bits per heavy atom. The third-order valence-electron chi connectivity index (χ3n) is 3.77. The summed E-state index contributed by atoms with van der Waals surface area (Å²) in [6.45, 7) is 10.3. The Morgan fingerprint density at radius 1 is 1.48 bits per heavy atom. The predicted molar refractivity (Wildman–Crippen MR) is 87.3 cm³/mol. The Labute approximate surface area is 147 Å². The van der Waals surface area contributed by atoms with E-state index in [1.54, 1.807) is 0 Å². The number of alkyl halides is 2. The topological polar surface area (TPSA) is 43.0 Å². The average Bonchev–Trinajstić information content (AvgIpc) is 2.54. The molecule has 4 nitrogen and oxygen atoms in total. The molecule has 8 heteroatoms. The van der Waals surface area contributed by atoms with E-state index < -0.39 is 41.4 Å². The molecule has 0 bridgehead atoms. The Kier molecular flexibility index (Phi) is 5.85. The van der Waals surface area contributed by atoms with Gasteiger partial charge in [-0.25, -0.2) is 29.5 Å². The number of allylic oxidation sites excluding steroid dienone is 1. The SMILES string of the molecule is [C-]#[N+]C1C(C)=NC(C(F)F)=C(C(=O)OCC)C1c1ccc(F)cc1Cl. The number of esters is 1. The van der Waals surface area contributed by atoms with Crippen LogP contribution in [0.3, 0.4) is 0 Å². The van der Waals surface area contributed by atoms with Crippen molar-refractivity contribution in [3.8, 4) is 0 Å². The highest BCUT2D eigenvalue weighted by Gasteiger charge is 2.45. The third-order valence-corrected chi connectivity index (χ3v) is 4.09. The fourth-order valence-corrected chi connectivity index (χ4v) is 3.01. The maximum atomic E-state index is 13.5. The van der Waals surface area contributed by atoms with E-state index in [-0.39, 0.29) is 22.9 Å². The van der Waals surface area contributed by atoms with Crippen LogP contribution in [0.5, 0.6) is 0 Å². The van der Waals surface area contributed by atoms with Crippen molar-refractivity contribution >= 4 is 23.3 Å². The number of ether oxygens (including phenoxy) is 1. The minimum atomic E-state index is -3.04. The van der Waals surface area contributed by atoms with Crippen molar-refractivity contribution in [3.63, 3.8) is 0 Å². The summed E-state index contributed by atoms with van der Waals surface area (Å²) in [5.74, 6) is -2.73. The second-order valence-corrected chi connectivity index (χ2v) is 5.70. The Morgan fingerprint density at radius 2 is 2.16 bits per heavy atom. The maximum absolute atomic E-state index is 13.5. The van der Waals surface area contributed by atoms with Gasteiger partial charge in [0.15, 0.2) is 0 Å². The molecule has 0 aromatic heterocycles. The molecule has 1 aromatic rings. The van der Waals surface area contributed by atoms with Crippen molar-refractivity contribution in [2.75, 3.05) is 6.61 Å². The summed E-state index contributed by atoms with van der Waals surface area (Å²) in [5.41, 5.74) is -0.846. The molecule has 2 unspecified atom stereocenters. The summed E-state index contributed by atoms with van der Waals surface area (Å²) in [4.78, 5) is 19.5. The van der Waals surface area contributed by atoms with Crippen molar-refractivity contribution in [2.45, 2.75) is 32.2 Å². The van der Waals surface area contributed by atoms with E-state index in [1.807, 2.05) is 0 Å². The van der Waals surface area contributed by atoms with Crippen LogP contribution in [0.25, 0.3) is 4.85 Å². The number of hydrogen-bond acceptors (Lipinski definition) is 3. The summed E-state index contributed by atoms with van der Waals surface area (Å²) >= 11 is 6.06. The first-order valence-electron chi connectivity index (χ1n) is 7.37. The lowest BCUT2D eigenvalue weighted by molar-refractivity contribution is -0.139. The van der Waals surface area contributed by atoms with Crippen LogP contribution in [0.1, 0.15) is 25.3 Å². The highest BCUT2D eigenvalue weighted by atomic mass is 35.5. The molecule has 0 spiro atoms. The Hall–Kier alpha value is -2.33. The quantitative estimate of drug-likeness (QED) is 0.582. The first-order chi connectivity index (χ1) is 11.8. The molecule has 0 radical (unpaired) electrons. The summed E-state index contributed by atoms with van der Waals surface area (Å²) < 4.78 is 45.2. The van der Waals surface area contributed by atoms with Crippen LogP contribution in [0.4, 0.5) is 13.2 Å². The van der Waals surface area contributed by atoms with E-state index in [2.05, 4.69) is 9.84 Å². The highest BCUT2D eigenvalue weighted by molar-refractivity contribution is 6.31. The lowest BCUT2D eigenvalue weighted by Crippen LogP contribution is -2.34. The van der Waals surface area contributed by atoms with Crippen LogP contribution < -0.4 is 0 Å². The van der Waals surface area contributed by atoms with Gasteiger partial charge in [-0.3, -0.25) is 0 Å². The smallest absolute Gasteiger partial charge is 0.337 e. The van der Waals surface area contributed by atoms with Crippen LogP contribution in [0, 0.1) is 12.4 Å². The molecule has 0 fully saturated rings. The molecule has 1 aliphatic rings. The standard InChI is InChI=1S/C17H14ClF3N2O2/c1-4-25-17(24)13-12(10-6-5-9(19)7-11(10)18)14(22-3)8(2)23-15(13)16(20)21/h5-7,12,14,16H,4H2,1-2H3. The normalized spacial score (nSPS) is 20.3. The second kappa shape index (κ2) is 7.70.